The van der Waals surface area contributed by atoms with Crippen LogP contribution in [0.5, 0.6) is 0 Å². The summed E-state index contributed by atoms with van der Waals surface area (Å²) in [5.41, 5.74) is 1.61. The van der Waals surface area contributed by atoms with Crippen LogP contribution in [0.15, 0.2) is 29.5 Å². The maximum atomic E-state index is 12.2. The van der Waals surface area contributed by atoms with Gasteiger partial charge in [0.2, 0.25) is 0 Å². The molecule has 1 heterocycles. The summed E-state index contributed by atoms with van der Waals surface area (Å²) in [7, 11) is 1.31. The van der Waals surface area contributed by atoms with Crippen molar-refractivity contribution in [2.45, 2.75) is 19.9 Å². The summed E-state index contributed by atoms with van der Waals surface area (Å²) in [4.78, 5) is 25.8. The van der Waals surface area contributed by atoms with Crippen LogP contribution < -0.4 is 5.32 Å². The van der Waals surface area contributed by atoms with Crippen molar-refractivity contribution in [1.29, 1.82) is 0 Å². The molecule has 0 saturated heterocycles. The second-order valence-electron chi connectivity index (χ2n) is 4.79. The fourth-order valence-corrected chi connectivity index (χ4v) is 2.78. The lowest BCUT2D eigenvalue weighted by Gasteiger charge is -2.34. The Labute approximate surface area is 138 Å². The average Bonchev–Trinajstić information content (AvgIpc) is 2.49. The SMILES string of the molecule is CCN1C(=O)N[C@H](c2ccc(Cl)c(Cl)c2)C(C(=O)OC)=C1C. The predicted octanol–water partition coefficient (Wildman–Crippen LogP) is 3.53. The zero-order chi connectivity index (χ0) is 16.4. The third kappa shape index (κ3) is 2.91. The van der Waals surface area contributed by atoms with E-state index in [-0.39, 0.29) is 6.03 Å². The van der Waals surface area contributed by atoms with E-state index >= 15 is 0 Å². The topological polar surface area (TPSA) is 58.6 Å². The van der Waals surface area contributed by atoms with Gasteiger partial charge in [0.05, 0.1) is 28.8 Å². The van der Waals surface area contributed by atoms with Crippen LogP contribution in [0.2, 0.25) is 10.0 Å². The average molecular weight is 343 g/mol. The predicted molar refractivity (Wildman–Crippen MR) is 84.8 cm³/mol. The lowest BCUT2D eigenvalue weighted by molar-refractivity contribution is -0.136. The number of urea groups is 1. The molecule has 7 heteroatoms. The molecular formula is C15H16Cl2N2O3. The molecule has 1 aliphatic rings. The van der Waals surface area contributed by atoms with E-state index in [1.165, 1.54) is 12.0 Å². The highest BCUT2D eigenvalue weighted by molar-refractivity contribution is 6.42. The number of esters is 1. The van der Waals surface area contributed by atoms with Gasteiger partial charge in [-0.15, -0.1) is 0 Å². The molecule has 1 N–H and O–H groups in total. The summed E-state index contributed by atoms with van der Waals surface area (Å²) in [6, 6.07) is 4.08. The van der Waals surface area contributed by atoms with Crippen LogP contribution in [-0.2, 0) is 9.53 Å². The Morgan fingerprint density at radius 3 is 2.59 bits per heavy atom. The fourth-order valence-electron chi connectivity index (χ4n) is 2.48. The Balaban J connectivity index is 2.57. The zero-order valence-corrected chi connectivity index (χ0v) is 14.0. The van der Waals surface area contributed by atoms with Gasteiger partial charge in [0, 0.05) is 12.2 Å². The van der Waals surface area contributed by atoms with Gasteiger partial charge in [-0.2, -0.15) is 0 Å². The molecule has 1 atom stereocenters. The number of methoxy groups -OCH3 is 1. The van der Waals surface area contributed by atoms with Crippen LogP contribution in [0.4, 0.5) is 4.79 Å². The summed E-state index contributed by atoms with van der Waals surface area (Å²) in [5.74, 6) is -0.493. The van der Waals surface area contributed by atoms with Gasteiger partial charge in [-0.05, 0) is 31.5 Å². The van der Waals surface area contributed by atoms with Gasteiger partial charge in [-0.25, -0.2) is 9.59 Å². The number of nitrogens with one attached hydrogen (secondary N) is 1. The second kappa shape index (κ2) is 6.58. The van der Waals surface area contributed by atoms with Crippen LogP contribution in [0, 0.1) is 0 Å². The van der Waals surface area contributed by atoms with Crippen LogP contribution in [-0.4, -0.2) is 30.6 Å². The number of carbonyl (C=O) groups excluding carboxylic acids is 2. The molecule has 0 aromatic heterocycles. The molecule has 2 amide bonds. The molecule has 1 aliphatic heterocycles. The summed E-state index contributed by atoms with van der Waals surface area (Å²) in [6.07, 6.45) is 0. The van der Waals surface area contributed by atoms with Crippen molar-refractivity contribution in [3.05, 3.63) is 45.1 Å². The Kier molecular flexibility index (Phi) is 4.98. The number of allylic oxidation sites excluding steroid dienone is 1. The number of amides is 2. The fraction of sp³-hybridized carbons (Fsp3) is 0.333. The standard InChI is InChI=1S/C15H16Cl2N2O3/c1-4-19-8(2)12(14(20)22-3)13(18-15(19)21)9-5-6-10(16)11(17)7-9/h5-7,13H,4H2,1-3H3,(H,18,21)/t13-/m1/s1. The highest BCUT2D eigenvalue weighted by Crippen LogP contribution is 2.33. The lowest BCUT2D eigenvalue weighted by atomic mass is 9.95. The highest BCUT2D eigenvalue weighted by atomic mass is 35.5. The van der Waals surface area contributed by atoms with E-state index in [0.717, 1.165) is 0 Å². The van der Waals surface area contributed by atoms with Crippen molar-refractivity contribution < 1.29 is 14.3 Å². The van der Waals surface area contributed by atoms with Gasteiger partial charge in [0.15, 0.2) is 0 Å². The van der Waals surface area contributed by atoms with Crippen molar-refractivity contribution in [2.24, 2.45) is 0 Å². The third-order valence-electron chi connectivity index (χ3n) is 3.59. The Bertz CT molecular complexity index is 658. The number of ether oxygens (including phenoxy) is 1. The molecule has 0 saturated carbocycles. The molecule has 2 rings (SSSR count). The molecule has 22 heavy (non-hydrogen) atoms. The number of carbonyl (C=O) groups is 2. The van der Waals surface area contributed by atoms with Gasteiger partial charge in [0.25, 0.3) is 0 Å². The molecule has 118 valence electrons. The van der Waals surface area contributed by atoms with E-state index in [4.69, 9.17) is 27.9 Å². The number of rotatable bonds is 3. The smallest absolute Gasteiger partial charge is 0.337 e. The van der Waals surface area contributed by atoms with E-state index in [9.17, 15) is 9.59 Å². The van der Waals surface area contributed by atoms with Gasteiger partial charge in [-0.1, -0.05) is 29.3 Å². The molecule has 1 aromatic rings. The number of halogens is 2. The number of nitrogens with zero attached hydrogens (tertiary/aromatic N) is 1. The first kappa shape index (κ1) is 16.6. The minimum atomic E-state index is -0.627. The highest BCUT2D eigenvalue weighted by Gasteiger charge is 2.35. The molecule has 0 aliphatic carbocycles. The van der Waals surface area contributed by atoms with Crippen LogP contribution in [0.1, 0.15) is 25.5 Å². The van der Waals surface area contributed by atoms with Crippen LogP contribution in [0.25, 0.3) is 0 Å². The molecule has 1 aromatic carbocycles. The molecule has 0 radical (unpaired) electrons. The van der Waals surface area contributed by atoms with Crippen molar-refractivity contribution in [1.82, 2.24) is 10.2 Å². The number of hydrogen-bond donors (Lipinski definition) is 1. The van der Waals surface area contributed by atoms with E-state index in [1.807, 2.05) is 6.92 Å². The van der Waals surface area contributed by atoms with Gasteiger partial charge in [0.1, 0.15) is 0 Å². The first-order valence-corrected chi connectivity index (χ1v) is 7.48. The maximum Gasteiger partial charge on any atom is 0.337 e. The van der Waals surface area contributed by atoms with E-state index in [1.54, 1.807) is 25.1 Å². The zero-order valence-electron chi connectivity index (χ0n) is 12.4. The number of benzene rings is 1. The van der Waals surface area contributed by atoms with Gasteiger partial charge >= 0.3 is 12.0 Å². The molecule has 0 bridgehead atoms. The van der Waals surface area contributed by atoms with Gasteiger partial charge < -0.3 is 10.1 Å². The molecule has 0 spiro atoms. The molecule has 0 fully saturated rings. The minimum absolute atomic E-state index is 0.274. The van der Waals surface area contributed by atoms with Gasteiger partial charge in [-0.3, -0.25) is 4.90 Å². The van der Waals surface area contributed by atoms with Crippen LogP contribution in [0.3, 0.4) is 0 Å². The Morgan fingerprint density at radius 2 is 2.05 bits per heavy atom. The Hall–Kier alpha value is -1.72. The van der Waals surface area contributed by atoms with Crippen LogP contribution >= 0.6 is 23.2 Å². The largest absolute Gasteiger partial charge is 0.466 e. The molecular weight excluding hydrogens is 327 g/mol. The first-order valence-electron chi connectivity index (χ1n) is 6.72. The molecule has 5 nitrogen and oxygen atoms in total. The van der Waals surface area contributed by atoms with Crippen molar-refractivity contribution in [3.8, 4) is 0 Å². The first-order chi connectivity index (χ1) is 10.4. The molecule has 0 unspecified atom stereocenters. The second-order valence-corrected chi connectivity index (χ2v) is 5.61. The third-order valence-corrected chi connectivity index (χ3v) is 4.33. The van der Waals surface area contributed by atoms with Crippen molar-refractivity contribution >= 4 is 35.2 Å². The van der Waals surface area contributed by atoms with E-state index < -0.39 is 12.0 Å². The normalized spacial score (nSPS) is 18.3. The summed E-state index contributed by atoms with van der Waals surface area (Å²) >= 11 is 12.0. The van der Waals surface area contributed by atoms with E-state index in [0.29, 0.717) is 33.4 Å². The van der Waals surface area contributed by atoms with E-state index in [2.05, 4.69) is 5.32 Å². The number of hydrogen-bond acceptors (Lipinski definition) is 3. The minimum Gasteiger partial charge on any atom is -0.466 e. The Morgan fingerprint density at radius 1 is 1.36 bits per heavy atom. The quantitative estimate of drug-likeness (QED) is 0.855. The van der Waals surface area contributed by atoms with Crippen molar-refractivity contribution in [2.75, 3.05) is 13.7 Å². The lowest BCUT2D eigenvalue weighted by Crippen LogP contribution is -2.47. The summed E-state index contributed by atoms with van der Waals surface area (Å²) in [6.45, 7) is 4.00. The van der Waals surface area contributed by atoms with Crippen molar-refractivity contribution in [3.63, 3.8) is 0 Å². The summed E-state index contributed by atoms with van der Waals surface area (Å²) in [5, 5.41) is 3.56. The monoisotopic (exact) mass is 342 g/mol. The maximum absolute atomic E-state index is 12.2. The summed E-state index contributed by atoms with van der Waals surface area (Å²) < 4.78 is 4.86.